The van der Waals surface area contributed by atoms with Gasteiger partial charge in [-0.1, -0.05) is 67.1 Å². The van der Waals surface area contributed by atoms with Crippen molar-refractivity contribution in [2.75, 3.05) is 6.61 Å². The molecule has 1 N–H and O–H groups in total. The van der Waals surface area contributed by atoms with Crippen LogP contribution in [0.2, 0.25) is 0 Å². The van der Waals surface area contributed by atoms with E-state index in [1.807, 2.05) is 68.4 Å². The van der Waals surface area contributed by atoms with Crippen molar-refractivity contribution in [3.63, 3.8) is 0 Å². The van der Waals surface area contributed by atoms with Gasteiger partial charge in [0.2, 0.25) is 5.91 Å². The highest BCUT2D eigenvalue weighted by atomic mass is 16.5. The second-order valence-electron chi connectivity index (χ2n) is 6.35. The summed E-state index contributed by atoms with van der Waals surface area (Å²) in [5.41, 5.74) is 3.01. The van der Waals surface area contributed by atoms with E-state index >= 15 is 0 Å². The highest BCUT2D eigenvalue weighted by Crippen LogP contribution is 2.23. The minimum Gasteiger partial charge on any atom is -0.466 e. The van der Waals surface area contributed by atoms with Crippen LogP contribution in [-0.2, 0) is 14.3 Å². The van der Waals surface area contributed by atoms with E-state index in [2.05, 4.69) is 5.32 Å². The molecule has 4 nitrogen and oxygen atoms in total. The largest absolute Gasteiger partial charge is 0.466 e. The molecule has 0 bridgehead atoms. The van der Waals surface area contributed by atoms with E-state index in [0.717, 1.165) is 16.7 Å². The Morgan fingerprint density at radius 1 is 0.962 bits per heavy atom. The van der Waals surface area contributed by atoms with Crippen molar-refractivity contribution >= 4 is 11.9 Å². The summed E-state index contributed by atoms with van der Waals surface area (Å²) in [5.74, 6) is -0.633. The van der Waals surface area contributed by atoms with Crippen molar-refractivity contribution in [3.8, 4) is 0 Å². The summed E-state index contributed by atoms with van der Waals surface area (Å²) >= 11 is 0. The minimum absolute atomic E-state index is 0.0754. The minimum atomic E-state index is -0.403. The lowest BCUT2D eigenvalue weighted by Gasteiger charge is -2.22. The second kappa shape index (κ2) is 9.76. The van der Waals surface area contributed by atoms with Crippen molar-refractivity contribution < 1.29 is 14.3 Å². The van der Waals surface area contributed by atoms with Crippen molar-refractivity contribution in [1.29, 1.82) is 0 Å². The fourth-order valence-corrected chi connectivity index (χ4v) is 2.97. The third kappa shape index (κ3) is 5.45. The zero-order valence-electron chi connectivity index (χ0n) is 15.7. The maximum atomic E-state index is 12.9. The SMILES string of the molecule is CCOC(=O)C[C@H](NC(=O)[C@H](CC)c1ccccc1)c1ccc(C)cc1. The fraction of sp³-hybridized carbons (Fsp3) is 0.364. The van der Waals surface area contributed by atoms with Crippen LogP contribution < -0.4 is 5.32 Å². The molecule has 0 saturated heterocycles. The molecule has 2 atom stereocenters. The third-order valence-corrected chi connectivity index (χ3v) is 4.40. The van der Waals surface area contributed by atoms with Gasteiger partial charge in [-0.3, -0.25) is 9.59 Å². The van der Waals surface area contributed by atoms with Gasteiger partial charge in [-0.2, -0.15) is 0 Å². The Morgan fingerprint density at radius 2 is 1.62 bits per heavy atom. The summed E-state index contributed by atoms with van der Waals surface area (Å²) in [5, 5.41) is 3.05. The number of ether oxygens (including phenoxy) is 1. The average molecular weight is 353 g/mol. The molecule has 0 unspecified atom stereocenters. The smallest absolute Gasteiger partial charge is 0.308 e. The van der Waals surface area contributed by atoms with Gasteiger partial charge in [0.1, 0.15) is 0 Å². The molecule has 1 amide bonds. The normalized spacial score (nSPS) is 12.9. The molecular weight excluding hydrogens is 326 g/mol. The lowest BCUT2D eigenvalue weighted by Crippen LogP contribution is -2.34. The van der Waals surface area contributed by atoms with Crippen LogP contribution in [0.4, 0.5) is 0 Å². The molecule has 0 spiro atoms. The Morgan fingerprint density at radius 3 is 2.19 bits per heavy atom. The summed E-state index contributed by atoms with van der Waals surface area (Å²) in [6, 6.07) is 17.2. The number of carbonyl (C=O) groups excluding carboxylic acids is 2. The number of nitrogens with one attached hydrogen (secondary N) is 1. The van der Waals surface area contributed by atoms with Crippen LogP contribution in [0.25, 0.3) is 0 Å². The van der Waals surface area contributed by atoms with Gasteiger partial charge in [-0.15, -0.1) is 0 Å². The molecule has 0 fully saturated rings. The first-order valence-electron chi connectivity index (χ1n) is 9.12. The van der Waals surface area contributed by atoms with Crippen LogP contribution in [0.15, 0.2) is 54.6 Å². The van der Waals surface area contributed by atoms with Crippen LogP contribution in [0, 0.1) is 6.92 Å². The highest BCUT2D eigenvalue weighted by Gasteiger charge is 2.24. The molecule has 26 heavy (non-hydrogen) atoms. The summed E-state index contributed by atoms with van der Waals surface area (Å²) < 4.78 is 5.08. The Labute approximate surface area is 155 Å². The summed E-state index contributed by atoms with van der Waals surface area (Å²) in [7, 11) is 0. The number of carbonyl (C=O) groups is 2. The van der Waals surface area contributed by atoms with Crippen LogP contribution in [0.5, 0.6) is 0 Å². The predicted octanol–water partition coefficient (Wildman–Crippen LogP) is 4.30. The standard InChI is InChI=1S/C22H27NO3/c1-4-19(17-9-7-6-8-10-17)22(25)23-20(15-21(24)26-5-2)18-13-11-16(3)12-14-18/h6-14,19-20H,4-5,15H2,1-3H3,(H,23,25)/t19-,20+/m1/s1. The van der Waals surface area contributed by atoms with E-state index < -0.39 is 6.04 Å². The first kappa shape index (κ1) is 19.7. The van der Waals surface area contributed by atoms with Gasteiger partial charge in [0.25, 0.3) is 0 Å². The van der Waals surface area contributed by atoms with Crippen LogP contribution in [0.3, 0.4) is 0 Å². The molecule has 0 aliphatic rings. The lowest BCUT2D eigenvalue weighted by atomic mass is 9.94. The summed E-state index contributed by atoms with van der Waals surface area (Å²) in [4.78, 5) is 24.9. The molecule has 0 aromatic heterocycles. The van der Waals surface area contributed by atoms with Gasteiger partial charge in [-0.25, -0.2) is 0 Å². The number of rotatable bonds is 8. The zero-order valence-corrected chi connectivity index (χ0v) is 15.7. The number of amides is 1. The van der Waals surface area contributed by atoms with E-state index in [-0.39, 0.29) is 24.2 Å². The molecule has 0 aliphatic heterocycles. The molecular formula is C22H27NO3. The Balaban J connectivity index is 2.20. The predicted molar refractivity (Wildman–Crippen MR) is 103 cm³/mol. The molecule has 2 aromatic rings. The fourth-order valence-electron chi connectivity index (χ4n) is 2.97. The number of hydrogen-bond acceptors (Lipinski definition) is 3. The first-order valence-corrected chi connectivity index (χ1v) is 9.12. The summed E-state index contributed by atoms with van der Waals surface area (Å²) in [6.45, 7) is 6.10. The Bertz CT molecular complexity index is 710. The molecule has 4 heteroatoms. The van der Waals surface area contributed by atoms with Crippen LogP contribution in [0.1, 0.15) is 55.3 Å². The van der Waals surface area contributed by atoms with E-state index in [0.29, 0.717) is 13.0 Å². The highest BCUT2D eigenvalue weighted by molar-refractivity contribution is 5.84. The topological polar surface area (TPSA) is 55.4 Å². The van der Waals surface area contributed by atoms with E-state index in [4.69, 9.17) is 4.74 Å². The third-order valence-electron chi connectivity index (χ3n) is 4.40. The van der Waals surface area contributed by atoms with Gasteiger partial charge in [0, 0.05) is 0 Å². The van der Waals surface area contributed by atoms with Gasteiger partial charge in [0.15, 0.2) is 0 Å². The van der Waals surface area contributed by atoms with Crippen molar-refractivity contribution in [3.05, 3.63) is 71.3 Å². The molecule has 2 aromatic carbocycles. The van der Waals surface area contributed by atoms with Gasteiger partial charge >= 0.3 is 5.97 Å². The Hall–Kier alpha value is -2.62. The number of esters is 1. The van der Waals surface area contributed by atoms with Crippen molar-refractivity contribution in [2.45, 2.75) is 45.6 Å². The number of hydrogen-bond donors (Lipinski definition) is 1. The molecule has 0 aliphatic carbocycles. The quantitative estimate of drug-likeness (QED) is 0.720. The molecule has 0 heterocycles. The van der Waals surface area contributed by atoms with Crippen LogP contribution >= 0.6 is 0 Å². The van der Waals surface area contributed by atoms with E-state index in [1.54, 1.807) is 6.92 Å². The van der Waals surface area contributed by atoms with E-state index in [1.165, 1.54) is 0 Å². The molecule has 0 radical (unpaired) electrons. The monoisotopic (exact) mass is 353 g/mol. The molecule has 138 valence electrons. The zero-order chi connectivity index (χ0) is 18.9. The van der Waals surface area contributed by atoms with Gasteiger partial charge < -0.3 is 10.1 Å². The lowest BCUT2D eigenvalue weighted by molar-refractivity contribution is -0.143. The number of benzene rings is 2. The molecule has 0 saturated carbocycles. The number of aryl methyl sites for hydroxylation is 1. The second-order valence-corrected chi connectivity index (χ2v) is 6.35. The summed E-state index contributed by atoms with van der Waals surface area (Å²) in [6.07, 6.45) is 0.809. The maximum absolute atomic E-state index is 12.9. The first-order chi connectivity index (χ1) is 12.5. The van der Waals surface area contributed by atoms with Crippen molar-refractivity contribution in [1.82, 2.24) is 5.32 Å². The molecule has 2 rings (SSSR count). The van der Waals surface area contributed by atoms with Crippen LogP contribution in [-0.4, -0.2) is 18.5 Å². The Kier molecular flexibility index (Phi) is 7.39. The van der Waals surface area contributed by atoms with E-state index in [9.17, 15) is 9.59 Å². The maximum Gasteiger partial charge on any atom is 0.308 e. The van der Waals surface area contributed by atoms with Gasteiger partial charge in [0.05, 0.1) is 25.0 Å². The van der Waals surface area contributed by atoms with Crippen molar-refractivity contribution in [2.24, 2.45) is 0 Å². The van der Waals surface area contributed by atoms with Gasteiger partial charge in [-0.05, 0) is 31.4 Å². The average Bonchev–Trinajstić information content (AvgIpc) is 2.63.